The smallest absolute Gasteiger partial charge is 0.462 e. The number of carbonyl (C=O) groups excluding carboxylic acids is 2. The normalized spacial score (nSPS) is 14.2. The second-order valence-electron chi connectivity index (χ2n) is 18.0. The van der Waals surface area contributed by atoms with E-state index in [0.717, 1.165) is 96.3 Å². The van der Waals surface area contributed by atoms with E-state index in [4.69, 9.17) is 24.3 Å². The maximum atomic E-state index is 12.7. The molecule has 0 amide bonds. The molecule has 73 heavy (non-hydrogen) atoms. The molecule has 412 valence electrons. The Labute approximate surface area is 446 Å². The van der Waals surface area contributed by atoms with Crippen molar-refractivity contribution in [1.29, 1.82) is 0 Å². The van der Waals surface area contributed by atoms with E-state index in [-0.39, 0.29) is 32.6 Å². The Morgan fingerprint density at radius 1 is 0.411 bits per heavy atom. The van der Waals surface area contributed by atoms with Gasteiger partial charge in [-0.15, -0.1) is 0 Å². The molecule has 0 saturated heterocycles. The van der Waals surface area contributed by atoms with E-state index in [1.165, 1.54) is 70.6 Å². The summed E-state index contributed by atoms with van der Waals surface area (Å²) in [5.74, 6) is -0.933. The average molecular weight is 1030 g/mol. The van der Waals surface area contributed by atoms with Crippen LogP contribution in [0, 0.1) is 0 Å². The largest absolute Gasteiger partial charge is 0.472 e. The van der Waals surface area contributed by atoms with Crippen molar-refractivity contribution in [3.63, 3.8) is 0 Å². The summed E-state index contributed by atoms with van der Waals surface area (Å²) in [5, 5.41) is 0. The van der Waals surface area contributed by atoms with Gasteiger partial charge in [0.15, 0.2) is 6.10 Å². The number of rotatable bonds is 51. The van der Waals surface area contributed by atoms with E-state index in [1.54, 1.807) is 0 Å². The lowest BCUT2D eigenvalue weighted by molar-refractivity contribution is -0.161. The zero-order valence-electron chi connectivity index (χ0n) is 45.8. The van der Waals surface area contributed by atoms with Crippen molar-refractivity contribution in [3.05, 3.63) is 146 Å². The lowest BCUT2D eigenvalue weighted by atomic mass is 10.0. The van der Waals surface area contributed by atoms with Gasteiger partial charge < -0.3 is 20.1 Å². The summed E-state index contributed by atoms with van der Waals surface area (Å²) in [6.45, 7) is 3.40. The molecule has 0 rings (SSSR count). The van der Waals surface area contributed by atoms with Crippen LogP contribution in [-0.2, 0) is 32.7 Å². The Kier molecular flexibility index (Phi) is 54.0. The fraction of sp³-hybridized carbons (Fsp3) is 0.587. The number of unbranched alkanes of at least 4 members (excludes halogenated alkanes) is 14. The number of phosphoric acid groups is 1. The molecule has 0 heterocycles. The molecule has 0 aromatic heterocycles. The van der Waals surface area contributed by atoms with Crippen LogP contribution in [0.1, 0.15) is 206 Å². The van der Waals surface area contributed by atoms with Crippen LogP contribution in [0.5, 0.6) is 0 Å². The van der Waals surface area contributed by atoms with Crippen molar-refractivity contribution in [2.24, 2.45) is 5.73 Å². The number of esters is 2. The number of hydrogen-bond acceptors (Lipinski definition) is 8. The Hall–Kier alpha value is -4.11. The van der Waals surface area contributed by atoms with Gasteiger partial charge in [-0.05, 0) is 103 Å². The molecule has 0 aromatic rings. The molecule has 0 fully saturated rings. The van der Waals surface area contributed by atoms with Crippen LogP contribution < -0.4 is 5.73 Å². The van der Waals surface area contributed by atoms with Crippen LogP contribution in [0.4, 0.5) is 0 Å². The minimum absolute atomic E-state index is 0.0381. The molecular weight excluding hydrogens is 930 g/mol. The van der Waals surface area contributed by atoms with Gasteiger partial charge in [-0.2, -0.15) is 0 Å². The lowest BCUT2D eigenvalue weighted by Crippen LogP contribution is -2.29. The van der Waals surface area contributed by atoms with Crippen molar-refractivity contribution in [2.75, 3.05) is 26.4 Å². The molecule has 0 aliphatic rings. The standard InChI is InChI=1S/C63H102NO8P/c1-3-5-7-9-11-13-15-17-18-19-20-21-22-23-24-25-26-27-28-29-30-31-32-33-34-35-36-37-38-39-40-41-42-44-46-48-50-52-54-56-63(66)72-61(60-71-73(67,68)70-58-57-64)59-69-62(65)55-53-51-49-47-45-43-16-14-12-10-8-6-4-2/h5-8,11-14,17-18,20-21,23-24,26-27,29-30,32-33,43,45,49,51,61H,3-4,9-10,15-16,19,22,25,28,31,34-42,44,46-48,50,52-60,64H2,1-2H3,(H,67,68)/b7-5-,8-6-,13-11-,14-12-,18-17-,21-20-,24-23-,27-26-,30-29-,33-32-,45-43-,51-49-. The van der Waals surface area contributed by atoms with Crippen LogP contribution in [0.3, 0.4) is 0 Å². The number of allylic oxidation sites excluding steroid dienone is 24. The molecule has 0 bridgehead atoms. The first kappa shape index (κ1) is 68.9. The second kappa shape index (κ2) is 57.2. The Bertz CT molecular complexity index is 1700. The average Bonchev–Trinajstić information content (AvgIpc) is 3.38. The fourth-order valence-corrected chi connectivity index (χ4v) is 7.90. The highest BCUT2D eigenvalue weighted by atomic mass is 31.2. The zero-order chi connectivity index (χ0) is 53.1. The SMILES string of the molecule is CC/C=C\C/C=C\C/C=C\C/C=C\C/C=C\C/C=C\C/C=C\C/C=C\CCCCCCCCCCCCCCCCC(=O)OC(COC(=O)CC/C=C\C/C=C\C/C=C\C/C=C\CC)COP(=O)(O)OCCN. The van der Waals surface area contributed by atoms with Crippen LogP contribution in [-0.4, -0.2) is 49.3 Å². The Morgan fingerprint density at radius 3 is 1.11 bits per heavy atom. The third-order valence-corrected chi connectivity index (χ3v) is 12.2. The quantitative estimate of drug-likeness (QED) is 0.0264. The van der Waals surface area contributed by atoms with Crippen LogP contribution in [0.25, 0.3) is 0 Å². The summed E-state index contributed by atoms with van der Waals surface area (Å²) >= 11 is 0. The Balaban J connectivity index is 3.94. The van der Waals surface area contributed by atoms with Crippen molar-refractivity contribution < 1.29 is 37.6 Å². The first-order valence-electron chi connectivity index (χ1n) is 28.3. The monoisotopic (exact) mass is 1030 g/mol. The van der Waals surface area contributed by atoms with Gasteiger partial charge in [0.25, 0.3) is 0 Å². The molecule has 0 aliphatic carbocycles. The van der Waals surface area contributed by atoms with E-state index in [1.807, 2.05) is 12.2 Å². The third kappa shape index (κ3) is 57.0. The molecule has 0 spiro atoms. The van der Waals surface area contributed by atoms with Crippen molar-refractivity contribution in [1.82, 2.24) is 0 Å². The molecule has 0 aromatic carbocycles. The van der Waals surface area contributed by atoms with Crippen molar-refractivity contribution in [2.45, 2.75) is 213 Å². The first-order chi connectivity index (χ1) is 35.8. The topological polar surface area (TPSA) is 134 Å². The van der Waals surface area contributed by atoms with Gasteiger partial charge in [0, 0.05) is 19.4 Å². The number of nitrogens with two attached hydrogens (primary N) is 1. The molecular formula is C63H102NO8P. The fourth-order valence-electron chi connectivity index (χ4n) is 7.13. The van der Waals surface area contributed by atoms with Crippen LogP contribution in [0.2, 0.25) is 0 Å². The van der Waals surface area contributed by atoms with E-state index in [9.17, 15) is 19.0 Å². The zero-order valence-corrected chi connectivity index (χ0v) is 46.7. The highest BCUT2D eigenvalue weighted by Gasteiger charge is 2.26. The summed E-state index contributed by atoms with van der Waals surface area (Å²) in [7, 11) is -4.41. The highest BCUT2D eigenvalue weighted by Crippen LogP contribution is 2.43. The molecule has 10 heteroatoms. The van der Waals surface area contributed by atoms with Gasteiger partial charge in [0.2, 0.25) is 0 Å². The minimum Gasteiger partial charge on any atom is -0.462 e. The molecule has 0 saturated carbocycles. The highest BCUT2D eigenvalue weighted by molar-refractivity contribution is 7.47. The molecule has 0 aliphatic heterocycles. The van der Waals surface area contributed by atoms with Gasteiger partial charge in [-0.1, -0.05) is 237 Å². The maximum absolute atomic E-state index is 12.7. The molecule has 2 atom stereocenters. The van der Waals surface area contributed by atoms with Gasteiger partial charge in [-0.3, -0.25) is 18.6 Å². The minimum atomic E-state index is -4.41. The summed E-state index contributed by atoms with van der Waals surface area (Å²) in [4.78, 5) is 35.0. The summed E-state index contributed by atoms with van der Waals surface area (Å²) < 4.78 is 32.8. The summed E-state index contributed by atoms with van der Waals surface area (Å²) in [6.07, 6.45) is 82.2. The van der Waals surface area contributed by atoms with Crippen molar-refractivity contribution >= 4 is 19.8 Å². The number of hydrogen-bond donors (Lipinski definition) is 2. The number of phosphoric ester groups is 1. The Morgan fingerprint density at radius 2 is 0.740 bits per heavy atom. The van der Waals surface area contributed by atoms with Gasteiger partial charge >= 0.3 is 19.8 Å². The van der Waals surface area contributed by atoms with Crippen molar-refractivity contribution in [3.8, 4) is 0 Å². The molecule has 2 unspecified atom stereocenters. The van der Waals surface area contributed by atoms with Gasteiger partial charge in [0.1, 0.15) is 6.61 Å². The second-order valence-corrected chi connectivity index (χ2v) is 19.5. The van der Waals surface area contributed by atoms with E-state index in [2.05, 4.69) is 148 Å². The number of carbonyl (C=O) groups is 2. The van der Waals surface area contributed by atoms with Gasteiger partial charge in [0.05, 0.1) is 13.2 Å². The lowest BCUT2D eigenvalue weighted by Gasteiger charge is -2.19. The van der Waals surface area contributed by atoms with Crippen LogP contribution in [0.15, 0.2) is 146 Å². The van der Waals surface area contributed by atoms with Crippen LogP contribution >= 0.6 is 7.82 Å². The maximum Gasteiger partial charge on any atom is 0.472 e. The first-order valence-corrected chi connectivity index (χ1v) is 29.8. The summed E-state index contributed by atoms with van der Waals surface area (Å²) in [6, 6.07) is 0. The van der Waals surface area contributed by atoms with E-state index in [0.29, 0.717) is 12.8 Å². The summed E-state index contributed by atoms with van der Waals surface area (Å²) in [5.41, 5.74) is 5.36. The molecule has 0 radical (unpaired) electrons. The molecule has 9 nitrogen and oxygen atoms in total. The molecule has 3 N–H and O–H groups in total. The van der Waals surface area contributed by atoms with E-state index < -0.39 is 32.5 Å². The van der Waals surface area contributed by atoms with E-state index >= 15 is 0 Å². The predicted molar refractivity (Wildman–Crippen MR) is 311 cm³/mol. The third-order valence-electron chi connectivity index (χ3n) is 11.2. The number of ether oxygens (including phenoxy) is 2. The predicted octanol–water partition coefficient (Wildman–Crippen LogP) is 18.0. The van der Waals surface area contributed by atoms with Gasteiger partial charge in [-0.25, -0.2) is 4.57 Å².